The number of ether oxygens (including phenoxy) is 1. The summed E-state index contributed by atoms with van der Waals surface area (Å²) in [5.41, 5.74) is 0.678. The molecule has 3 nitrogen and oxygen atoms in total. The van der Waals surface area contributed by atoms with Gasteiger partial charge in [-0.2, -0.15) is 13.2 Å². The first-order chi connectivity index (χ1) is 8.26. The molecule has 0 fully saturated rings. The number of hydrogen-bond acceptors (Lipinski definition) is 2. The van der Waals surface area contributed by atoms with Gasteiger partial charge in [-0.25, -0.2) is 0 Å². The highest BCUT2D eigenvalue weighted by atomic mass is 19.4. The molecule has 0 radical (unpaired) electrons. The Morgan fingerprint density at radius 2 is 1.94 bits per heavy atom. The molecule has 1 amide bonds. The van der Waals surface area contributed by atoms with Crippen LogP contribution in [-0.4, -0.2) is 43.3 Å². The van der Waals surface area contributed by atoms with Gasteiger partial charge in [-0.3, -0.25) is 4.79 Å². The Balaban J connectivity index is 4.43. The van der Waals surface area contributed by atoms with E-state index < -0.39 is 18.6 Å². The predicted molar refractivity (Wildman–Crippen MR) is 63.2 cm³/mol. The second kappa shape index (κ2) is 8.13. The van der Waals surface area contributed by atoms with E-state index in [0.717, 1.165) is 4.90 Å². The molecule has 0 aliphatic rings. The Hall–Kier alpha value is -1.04. The van der Waals surface area contributed by atoms with Crippen molar-refractivity contribution in [2.75, 3.05) is 26.3 Å². The molecule has 0 N–H and O–H groups in total. The van der Waals surface area contributed by atoms with Crippen LogP contribution < -0.4 is 0 Å². The summed E-state index contributed by atoms with van der Waals surface area (Å²) >= 11 is 0. The van der Waals surface area contributed by atoms with E-state index in [4.69, 9.17) is 4.74 Å². The Bertz CT molecular complexity index is 284. The highest BCUT2D eigenvalue weighted by Crippen LogP contribution is 2.17. The Labute approximate surface area is 106 Å². The van der Waals surface area contributed by atoms with Crippen molar-refractivity contribution in [3.63, 3.8) is 0 Å². The van der Waals surface area contributed by atoms with Crippen LogP contribution in [0.1, 0.15) is 27.2 Å². The lowest BCUT2D eigenvalue weighted by molar-refractivity contribution is -0.158. The molecule has 106 valence electrons. The van der Waals surface area contributed by atoms with Gasteiger partial charge in [-0.05, 0) is 27.2 Å². The zero-order valence-electron chi connectivity index (χ0n) is 11.0. The van der Waals surface area contributed by atoms with E-state index in [1.165, 1.54) is 6.08 Å². The van der Waals surface area contributed by atoms with E-state index in [-0.39, 0.29) is 6.54 Å². The highest BCUT2D eigenvalue weighted by molar-refractivity contribution is 5.88. The fourth-order valence-electron chi connectivity index (χ4n) is 1.32. The largest absolute Gasteiger partial charge is 0.406 e. The van der Waals surface area contributed by atoms with Crippen LogP contribution in [-0.2, 0) is 9.53 Å². The van der Waals surface area contributed by atoms with E-state index in [2.05, 4.69) is 0 Å². The number of halogens is 3. The first-order valence-electron chi connectivity index (χ1n) is 5.84. The van der Waals surface area contributed by atoms with Gasteiger partial charge in [0.25, 0.3) is 0 Å². The van der Waals surface area contributed by atoms with Crippen molar-refractivity contribution in [1.29, 1.82) is 0 Å². The Morgan fingerprint density at radius 3 is 2.39 bits per heavy atom. The molecular weight excluding hydrogens is 247 g/mol. The van der Waals surface area contributed by atoms with Crippen LogP contribution in [0.25, 0.3) is 0 Å². The minimum absolute atomic E-state index is 0.0438. The van der Waals surface area contributed by atoms with Gasteiger partial charge >= 0.3 is 6.18 Å². The van der Waals surface area contributed by atoms with E-state index in [0.29, 0.717) is 25.2 Å². The maximum Gasteiger partial charge on any atom is 0.406 e. The van der Waals surface area contributed by atoms with Gasteiger partial charge in [0.1, 0.15) is 6.54 Å². The van der Waals surface area contributed by atoms with Gasteiger partial charge in [0.05, 0.1) is 0 Å². The normalized spacial score (nSPS) is 11.2. The van der Waals surface area contributed by atoms with Crippen molar-refractivity contribution in [2.45, 2.75) is 33.4 Å². The molecule has 0 heterocycles. The average molecular weight is 267 g/mol. The molecule has 0 aromatic carbocycles. The second-order valence-corrected chi connectivity index (χ2v) is 4.15. The number of allylic oxidation sites excluding steroid dienone is 1. The number of nitrogens with zero attached hydrogens (tertiary/aromatic N) is 1. The zero-order chi connectivity index (χ0) is 14.2. The Kier molecular flexibility index (Phi) is 7.66. The standard InChI is InChI=1S/C12H20F3NO2/c1-4-18-7-5-6-16(9-12(13,14)15)11(17)8-10(2)3/h8H,4-7,9H2,1-3H3. The maximum atomic E-state index is 12.3. The van der Waals surface area contributed by atoms with Crippen LogP contribution in [0.2, 0.25) is 0 Å². The van der Waals surface area contributed by atoms with Gasteiger partial charge in [-0.1, -0.05) is 5.57 Å². The van der Waals surface area contributed by atoms with Crippen LogP contribution in [0.15, 0.2) is 11.6 Å². The van der Waals surface area contributed by atoms with E-state index in [9.17, 15) is 18.0 Å². The summed E-state index contributed by atoms with van der Waals surface area (Å²) in [4.78, 5) is 12.4. The van der Waals surface area contributed by atoms with E-state index >= 15 is 0 Å². The Morgan fingerprint density at radius 1 is 1.33 bits per heavy atom. The second-order valence-electron chi connectivity index (χ2n) is 4.15. The van der Waals surface area contributed by atoms with Crippen molar-refractivity contribution in [3.8, 4) is 0 Å². The summed E-state index contributed by atoms with van der Waals surface area (Å²) in [7, 11) is 0. The number of rotatable bonds is 7. The van der Waals surface area contributed by atoms with Crippen LogP contribution in [0.5, 0.6) is 0 Å². The summed E-state index contributed by atoms with van der Waals surface area (Å²) in [6.07, 6.45) is -2.77. The van der Waals surface area contributed by atoms with Gasteiger partial charge in [-0.15, -0.1) is 0 Å². The molecule has 0 atom stereocenters. The molecule has 0 saturated heterocycles. The van der Waals surface area contributed by atoms with Gasteiger partial charge in [0.2, 0.25) is 5.91 Å². The molecule has 0 unspecified atom stereocenters. The first kappa shape index (κ1) is 17.0. The molecule has 0 aromatic heterocycles. The van der Waals surface area contributed by atoms with Crippen molar-refractivity contribution >= 4 is 5.91 Å². The van der Waals surface area contributed by atoms with E-state index in [1.54, 1.807) is 13.8 Å². The molecule has 0 rings (SSSR count). The minimum Gasteiger partial charge on any atom is -0.382 e. The van der Waals surface area contributed by atoms with Gasteiger partial charge in [0, 0.05) is 25.8 Å². The van der Waals surface area contributed by atoms with E-state index in [1.807, 2.05) is 6.92 Å². The zero-order valence-corrected chi connectivity index (χ0v) is 11.0. The lowest BCUT2D eigenvalue weighted by atomic mass is 10.3. The van der Waals surface area contributed by atoms with Crippen LogP contribution in [0.3, 0.4) is 0 Å². The van der Waals surface area contributed by atoms with Crippen molar-refractivity contribution in [3.05, 3.63) is 11.6 Å². The van der Waals surface area contributed by atoms with Gasteiger partial charge < -0.3 is 9.64 Å². The molecule has 6 heteroatoms. The van der Waals surface area contributed by atoms with Crippen LogP contribution in [0, 0.1) is 0 Å². The van der Waals surface area contributed by atoms with Crippen LogP contribution in [0.4, 0.5) is 13.2 Å². The topological polar surface area (TPSA) is 29.5 Å². The monoisotopic (exact) mass is 267 g/mol. The third-order valence-electron chi connectivity index (χ3n) is 2.01. The molecule has 0 aliphatic heterocycles. The third-order valence-corrected chi connectivity index (χ3v) is 2.01. The molecular formula is C12H20F3NO2. The minimum atomic E-state index is -4.38. The smallest absolute Gasteiger partial charge is 0.382 e. The molecule has 0 aliphatic carbocycles. The summed E-state index contributed by atoms with van der Waals surface area (Å²) in [6.45, 7) is 4.84. The highest BCUT2D eigenvalue weighted by Gasteiger charge is 2.32. The molecule has 0 saturated carbocycles. The summed E-state index contributed by atoms with van der Waals surface area (Å²) in [6, 6.07) is 0. The predicted octanol–water partition coefficient (Wildman–Crippen LogP) is 2.77. The summed E-state index contributed by atoms with van der Waals surface area (Å²) in [5, 5.41) is 0. The third kappa shape index (κ3) is 9.04. The molecule has 18 heavy (non-hydrogen) atoms. The summed E-state index contributed by atoms with van der Waals surface area (Å²) < 4.78 is 42.0. The number of carbonyl (C=O) groups excluding carboxylic acids is 1. The number of carbonyl (C=O) groups is 1. The quantitative estimate of drug-likeness (QED) is 0.524. The van der Waals surface area contributed by atoms with Crippen molar-refractivity contribution in [2.24, 2.45) is 0 Å². The molecule has 0 aromatic rings. The van der Waals surface area contributed by atoms with Crippen LogP contribution >= 0.6 is 0 Å². The molecule has 0 bridgehead atoms. The molecule has 0 spiro atoms. The van der Waals surface area contributed by atoms with Gasteiger partial charge in [0.15, 0.2) is 0 Å². The van der Waals surface area contributed by atoms with Crippen molar-refractivity contribution in [1.82, 2.24) is 4.90 Å². The maximum absolute atomic E-state index is 12.3. The first-order valence-corrected chi connectivity index (χ1v) is 5.84. The fourth-order valence-corrected chi connectivity index (χ4v) is 1.32. The number of amides is 1. The fraction of sp³-hybridized carbons (Fsp3) is 0.750. The SMILES string of the molecule is CCOCCCN(CC(F)(F)F)C(=O)C=C(C)C. The lowest BCUT2D eigenvalue weighted by Crippen LogP contribution is -2.39. The number of alkyl halides is 3. The average Bonchev–Trinajstić information content (AvgIpc) is 2.20. The number of hydrogen-bond donors (Lipinski definition) is 0. The lowest BCUT2D eigenvalue weighted by Gasteiger charge is -2.22. The van der Waals surface area contributed by atoms with Crippen molar-refractivity contribution < 1.29 is 22.7 Å². The summed E-state index contributed by atoms with van der Waals surface area (Å²) in [5.74, 6) is -0.608.